The zero-order valence-electron chi connectivity index (χ0n) is 21.2. The van der Waals surface area contributed by atoms with Crippen molar-refractivity contribution in [1.82, 2.24) is 4.90 Å². The fraction of sp³-hybridized carbons (Fsp3) is 0.185. The van der Waals surface area contributed by atoms with Crippen LogP contribution in [0.1, 0.15) is 21.9 Å². The van der Waals surface area contributed by atoms with Crippen molar-refractivity contribution in [3.63, 3.8) is 0 Å². The van der Waals surface area contributed by atoms with Crippen molar-refractivity contribution in [3.8, 4) is 17.2 Å². The zero-order valence-corrected chi connectivity index (χ0v) is 22.0. The van der Waals surface area contributed by atoms with E-state index in [0.29, 0.717) is 34.3 Å². The van der Waals surface area contributed by atoms with E-state index in [0.717, 1.165) is 16.7 Å². The van der Waals surface area contributed by atoms with Gasteiger partial charge in [0.25, 0.3) is 11.1 Å². The number of ether oxygens (including phenoxy) is 4. The molecule has 12 heteroatoms. The molecule has 1 saturated heterocycles. The molecule has 0 bridgehead atoms. The number of benzene rings is 2. The Bertz CT molecular complexity index is 1430. The number of anilines is 1. The van der Waals surface area contributed by atoms with Gasteiger partial charge in [-0.1, -0.05) is 6.07 Å². The lowest BCUT2D eigenvalue weighted by atomic mass is 10.2. The van der Waals surface area contributed by atoms with E-state index in [2.05, 4.69) is 10.1 Å². The first-order valence-electron chi connectivity index (χ1n) is 11.5. The number of methoxy groups -OCH3 is 3. The minimum Gasteiger partial charge on any atom is -0.497 e. The van der Waals surface area contributed by atoms with E-state index in [-0.39, 0.29) is 17.3 Å². The van der Waals surface area contributed by atoms with E-state index >= 15 is 0 Å². The second-order valence-corrected chi connectivity index (χ2v) is 8.99. The van der Waals surface area contributed by atoms with Crippen LogP contribution in [0.5, 0.6) is 17.2 Å². The average molecular weight is 553 g/mol. The van der Waals surface area contributed by atoms with Crippen molar-refractivity contribution < 1.29 is 42.5 Å². The maximum Gasteiger partial charge on any atom is 0.373 e. The van der Waals surface area contributed by atoms with E-state index in [1.807, 2.05) is 0 Å². The van der Waals surface area contributed by atoms with Crippen LogP contribution in [-0.2, 0) is 20.9 Å². The highest BCUT2D eigenvalue weighted by Gasteiger charge is 2.36. The molecule has 0 spiro atoms. The van der Waals surface area contributed by atoms with E-state index in [4.69, 9.17) is 18.6 Å². The summed E-state index contributed by atoms with van der Waals surface area (Å²) < 4.78 is 26.2. The fourth-order valence-electron chi connectivity index (χ4n) is 3.51. The molecule has 0 atom stereocenters. The Morgan fingerprint density at radius 3 is 2.44 bits per heavy atom. The number of carbonyl (C=O) groups excluding carboxylic acids is 4. The van der Waals surface area contributed by atoms with Crippen LogP contribution in [0.2, 0.25) is 0 Å². The minimum atomic E-state index is -0.592. The van der Waals surface area contributed by atoms with Crippen molar-refractivity contribution in [3.05, 3.63) is 76.6 Å². The number of carbonyl (C=O) groups is 4. The molecule has 1 aromatic heterocycles. The molecule has 4 rings (SSSR count). The molecule has 11 nitrogen and oxygen atoms in total. The van der Waals surface area contributed by atoms with Gasteiger partial charge in [0, 0.05) is 5.69 Å². The number of thioether (sulfide) groups is 1. The molecule has 3 amide bonds. The lowest BCUT2D eigenvalue weighted by Gasteiger charge is -2.12. The molecule has 0 radical (unpaired) electrons. The third kappa shape index (κ3) is 6.60. The number of amides is 3. The topological polar surface area (TPSA) is 134 Å². The van der Waals surface area contributed by atoms with Crippen LogP contribution in [-0.4, -0.2) is 55.8 Å². The Kier molecular flexibility index (Phi) is 8.56. The molecule has 0 aliphatic carbocycles. The molecule has 1 aliphatic rings. The van der Waals surface area contributed by atoms with Gasteiger partial charge in [-0.3, -0.25) is 19.3 Å². The van der Waals surface area contributed by atoms with Gasteiger partial charge in [0.05, 0.1) is 26.2 Å². The van der Waals surface area contributed by atoms with Crippen LogP contribution in [0.4, 0.5) is 10.5 Å². The number of nitrogens with one attached hydrogen (secondary N) is 1. The number of hydrogen-bond donors (Lipinski definition) is 1. The summed E-state index contributed by atoms with van der Waals surface area (Å²) in [6.07, 6.45) is 1.54. The molecule has 1 fully saturated rings. The Hall–Kier alpha value is -4.71. The summed E-state index contributed by atoms with van der Waals surface area (Å²) in [4.78, 5) is 50.4. The van der Waals surface area contributed by atoms with Crippen molar-refractivity contribution >= 4 is 46.5 Å². The molecular formula is C27H24N2O9S. The highest BCUT2D eigenvalue weighted by Crippen LogP contribution is 2.35. The SMILES string of the molecule is COC(=O)c1ccc(COc2ccc(C=C3SC(=O)N(CC(=O)Nc4ccc(OC)cc4)C3=O)cc2OC)o1. The molecular weight excluding hydrogens is 528 g/mol. The van der Waals surface area contributed by atoms with Gasteiger partial charge in [0.15, 0.2) is 11.5 Å². The molecule has 202 valence electrons. The number of imide groups is 1. The third-order valence-electron chi connectivity index (χ3n) is 5.45. The Morgan fingerprint density at radius 2 is 1.74 bits per heavy atom. The number of hydrogen-bond acceptors (Lipinski definition) is 10. The molecule has 0 saturated carbocycles. The Labute approximate surface area is 227 Å². The van der Waals surface area contributed by atoms with Gasteiger partial charge in [0.1, 0.15) is 24.7 Å². The van der Waals surface area contributed by atoms with Crippen LogP contribution >= 0.6 is 11.8 Å². The fourth-order valence-corrected chi connectivity index (χ4v) is 4.35. The molecule has 39 heavy (non-hydrogen) atoms. The van der Waals surface area contributed by atoms with Crippen LogP contribution in [0.15, 0.2) is 63.9 Å². The lowest BCUT2D eigenvalue weighted by molar-refractivity contribution is -0.127. The quantitative estimate of drug-likeness (QED) is 0.286. The van der Waals surface area contributed by atoms with E-state index < -0.39 is 29.6 Å². The number of furan rings is 1. The van der Waals surface area contributed by atoms with Gasteiger partial charge in [0.2, 0.25) is 11.7 Å². The third-order valence-corrected chi connectivity index (χ3v) is 6.36. The second kappa shape index (κ2) is 12.2. The first-order chi connectivity index (χ1) is 18.8. The maximum absolute atomic E-state index is 12.9. The van der Waals surface area contributed by atoms with Crippen molar-refractivity contribution in [2.24, 2.45) is 0 Å². The standard InChI is InChI=1S/C27H24N2O9S/c1-34-18-7-5-17(6-8-18)28-24(30)14-29-25(31)23(39-27(29)33)13-16-4-10-20(22(12-16)35-2)37-15-19-9-11-21(38-19)26(32)36-3/h4-13H,14-15H2,1-3H3,(H,28,30). The molecule has 1 N–H and O–H groups in total. The monoisotopic (exact) mass is 552 g/mol. The average Bonchev–Trinajstić information content (AvgIpc) is 3.52. The highest BCUT2D eigenvalue weighted by atomic mass is 32.2. The normalized spacial score (nSPS) is 13.9. The second-order valence-electron chi connectivity index (χ2n) is 8.00. The summed E-state index contributed by atoms with van der Waals surface area (Å²) in [6.45, 7) is -0.390. The van der Waals surface area contributed by atoms with Gasteiger partial charge in [-0.05, 0) is 71.9 Å². The summed E-state index contributed by atoms with van der Waals surface area (Å²) in [5.41, 5.74) is 1.09. The predicted molar refractivity (Wildman–Crippen MR) is 142 cm³/mol. The van der Waals surface area contributed by atoms with Gasteiger partial charge in [-0.2, -0.15) is 0 Å². The van der Waals surface area contributed by atoms with Gasteiger partial charge in [-0.15, -0.1) is 0 Å². The van der Waals surface area contributed by atoms with Crippen molar-refractivity contribution in [2.45, 2.75) is 6.61 Å². The first-order valence-corrected chi connectivity index (χ1v) is 12.3. The molecule has 2 heterocycles. The van der Waals surface area contributed by atoms with Crippen molar-refractivity contribution in [1.29, 1.82) is 0 Å². The Balaban J connectivity index is 1.39. The largest absolute Gasteiger partial charge is 0.497 e. The molecule has 3 aromatic rings. The summed E-state index contributed by atoms with van der Waals surface area (Å²) in [7, 11) is 4.25. The molecule has 1 aliphatic heterocycles. The number of rotatable bonds is 10. The smallest absolute Gasteiger partial charge is 0.373 e. The summed E-state index contributed by atoms with van der Waals surface area (Å²) in [5, 5.41) is 2.10. The van der Waals surface area contributed by atoms with Crippen LogP contribution in [0.3, 0.4) is 0 Å². The lowest BCUT2D eigenvalue weighted by Crippen LogP contribution is -2.36. The van der Waals surface area contributed by atoms with Gasteiger partial charge in [-0.25, -0.2) is 4.79 Å². The molecule has 2 aromatic carbocycles. The van der Waals surface area contributed by atoms with Crippen LogP contribution < -0.4 is 19.5 Å². The van der Waals surface area contributed by atoms with E-state index in [9.17, 15) is 19.2 Å². The van der Waals surface area contributed by atoms with Crippen molar-refractivity contribution in [2.75, 3.05) is 33.2 Å². The minimum absolute atomic E-state index is 0.0319. The van der Waals surface area contributed by atoms with Gasteiger partial charge < -0.3 is 28.7 Å². The summed E-state index contributed by atoms with van der Waals surface area (Å²) in [6, 6.07) is 14.7. The van der Waals surface area contributed by atoms with Crippen LogP contribution in [0, 0.1) is 0 Å². The highest BCUT2D eigenvalue weighted by molar-refractivity contribution is 8.18. The zero-order chi connectivity index (χ0) is 27.9. The number of nitrogens with zero attached hydrogens (tertiary/aromatic N) is 1. The van der Waals surface area contributed by atoms with E-state index in [1.54, 1.807) is 48.5 Å². The maximum atomic E-state index is 12.9. The van der Waals surface area contributed by atoms with E-state index in [1.165, 1.54) is 33.5 Å². The summed E-state index contributed by atoms with van der Waals surface area (Å²) >= 11 is 0.741. The molecule has 0 unspecified atom stereocenters. The Morgan fingerprint density at radius 1 is 0.974 bits per heavy atom. The summed E-state index contributed by atoms with van der Waals surface area (Å²) in [5.74, 6) is 0.195. The van der Waals surface area contributed by atoms with Crippen LogP contribution in [0.25, 0.3) is 6.08 Å². The van der Waals surface area contributed by atoms with Gasteiger partial charge >= 0.3 is 5.97 Å². The predicted octanol–water partition coefficient (Wildman–Crippen LogP) is 4.34. The first kappa shape index (κ1) is 27.3. The number of esters is 1.